The van der Waals surface area contributed by atoms with E-state index in [1.165, 1.54) is 6.42 Å². The molecular weight excluding hydrogens is 140 g/mol. The van der Waals surface area contributed by atoms with E-state index >= 15 is 0 Å². The summed E-state index contributed by atoms with van der Waals surface area (Å²) in [7, 11) is -1.24. The van der Waals surface area contributed by atoms with Crippen molar-refractivity contribution in [1.29, 1.82) is 0 Å². The summed E-state index contributed by atoms with van der Waals surface area (Å²) >= 11 is 0. The Morgan fingerprint density at radius 1 is 1.30 bits per heavy atom. The SMILES string of the molecule is CC[C@H](C)CO[Si](C)(C)C. The largest absolute Gasteiger partial charge is 0.417 e. The van der Waals surface area contributed by atoms with Crippen molar-refractivity contribution in [2.45, 2.75) is 39.9 Å². The predicted octanol–water partition coefficient (Wildman–Crippen LogP) is 2.88. The fraction of sp³-hybridized carbons (Fsp3) is 1.00. The van der Waals surface area contributed by atoms with Crippen molar-refractivity contribution < 1.29 is 4.43 Å². The van der Waals surface area contributed by atoms with E-state index in [4.69, 9.17) is 4.43 Å². The van der Waals surface area contributed by atoms with Gasteiger partial charge >= 0.3 is 0 Å². The summed E-state index contributed by atoms with van der Waals surface area (Å²) in [4.78, 5) is 0. The lowest BCUT2D eigenvalue weighted by Crippen LogP contribution is -2.27. The molecular formula is C8H20OSi. The third-order valence-electron chi connectivity index (χ3n) is 1.50. The van der Waals surface area contributed by atoms with Crippen LogP contribution in [0.2, 0.25) is 19.6 Å². The molecule has 0 saturated heterocycles. The van der Waals surface area contributed by atoms with Gasteiger partial charge in [0.25, 0.3) is 0 Å². The first-order valence-electron chi connectivity index (χ1n) is 4.09. The number of hydrogen-bond donors (Lipinski definition) is 0. The average Bonchev–Trinajstić information content (AvgIpc) is 1.81. The van der Waals surface area contributed by atoms with Crippen LogP contribution in [-0.4, -0.2) is 14.9 Å². The number of rotatable bonds is 4. The van der Waals surface area contributed by atoms with Gasteiger partial charge in [0, 0.05) is 6.61 Å². The summed E-state index contributed by atoms with van der Waals surface area (Å²) in [6, 6.07) is 0. The first-order valence-corrected chi connectivity index (χ1v) is 7.50. The Morgan fingerprint density at radius 3 is 2.10 bits per heavy atom. The quantitative estimate of drug-likeness (QED) is 0.575. The Balaban J connectivity index is 3.36. The van der Waals surface area contributed by atoms with Gasteiger partial charge in [0.05, 0.1) is 0 Å². The highest BCUT2D eigenvalue weighted by Crippen LogP contribution is 2.07. The van der Waals surface area contributed by atoms with Gasteiger partial charge in [-0.15, -0.1) is 0 Å². The van der Waals surface area contributed by atoms with Crippen LogP contribution in [0.5, 0.6) is 0 Å². The van der Waals surface area contributed by atoms with E-state index in [2.05, 4.69) is 33.5 Å². The molecule has 62 valence electrons. The van der Waals surface area contributed by atoms with Gasteiger partial charge in [-0.2, -0.15) is 0 Å². The minimum absolute atomic E-state index is 0.728. The highest BCUT2D eigenvalue weighted by molar-refractivity contribution is 6.69. The molecule has 0 saturated carbocycles. The third-order valence-corrected chi connectivity index (χ3v) is 2.53. The van der Waals surface area contributed by atoms with E-state index < -0.39 is 8.32 Å². The van der Waals surface area contributed by atoms with Crippen LogP contribution >= 0.6 is 0 Å². The maximum atomic E-state index is 5.72. The summed E-state index contributed by atoms with van der Waals surface area (Å²) in [5.41, 5.74) is 0. The lowest BCUT2D eigenvalue weighted by Gasteiger charge is -2.19. The third kappa shape index (κ3) is 6.30. The molecule has 0 aromatic heterocycles. The van der Waals surface area contributed by atoms with Gasteiger partial charge in [-0.25, -0.2) is 0 Å². The Labute approximate surface area is 65.9 Å². The van der Waals surface area contributed by atoms with Gasteiger partial charge in [0.2, 0.25) is 0 Å². The van der Waals surface area contributed by atoms with Crippen LogP contribution in [0.25, 0.3) is 0 Å². The van der Waals surface area contributed by atoms with Crippen LogP contribution in [0, 0.1) is 5.92 Å². The minimum atomic E-state index is -1.24. The number of hydrogen-bond acceptors (Lipinski definition) is 1. The minimum Gasteiger partial charge on any atom is -0.417 e. The molecule has 0 bridgehead atoms. The molecule has 0 aliphatic heterocycles. The molecule has 0 fully saturated rings. The van der Waals surface area contributed by atoms with Crippen LogP contribution in [-0.2, 0) is 4.43 Å². The predicted molar refractivity (Wildman–Crippen MR) is 48.8 cm³/mol. The van der Waals surface area contributed by atoms with Gasteiger partial charge in [-0.05, 0) is 25.6 Å². The van der Waals surface area contributed by atoms with E-state index in [0.29, 0.717) is 0 Å². The molecule has 0 unspecified atom stereocenters. The van der Waals surface area contributed by atoms with Crippen molar-refractivity contribution in [1.82, 2.24) is 0 Å². The van der Waals surface area contributed by atoms with Crippen LogP contribution in [0.4, 0.5) is 0 Å². The molecule has 0 amide bonds. The molecule has 0 heterocycles. The van der Waals surface area contributed by atoms with Gasteiger partial charge in [-0.3, -0.25) is 0 Å². The van der Waals surface area contributed by atoms with Crippen LogP contribution in [0.1, 0.15) is 20.3 Å². The topological polar surface area (TPSA) is 9.23 Å². The van der Waals surface area contributed by atoms with Crippen molar-refractivity contribution in [2.75, 3.05) is 6.61 Å². The smallest absolute Gasteiger partial charge is 0.183 e. The lowest BCUT2D eigenvalue weighted by atomic mass is 10.1. The van der Waals surface area contributed by atoms with Crippen molar-refractivity contribution >= 4 is 8.32 Å². The van der Waals surface area contributed by atoms with Crippen molar-refractivity contribution in [2.24, 2.45) is 5.92 Å². The van der Waals surface area contributed by atoms with Gasteiger partial charge in [-0.1, -0.05) is 20.3 Å². The molecule has 1 atom stereocenters. The van der Waals surface area contributed by atoms with Crippen LogP contribution in [0.15, 0.2) is 0 Å². The molecule has 0 aliphatic rings. The van der Waals surface area contributed by atoms with Crippen molar-refractivity contribution in [3.63, 3.8) is 0 Å². The highest BCUT2D eigenvalue weighted by Gasteiger charge is 2.14. The Kier molecular flexibility index (Phi) is 4.21. The van der Waals surface area contributed by atoms with Crippen LogP contribution < -0.4 is 0 Å². The second-order valence-corrected chi connectivity index (χ2v) is 8.45. The first-order chi connectivity index (χ1) is 4.45. The summed E-state index contributed by atoms with van der Waals surface area (Å²) in [6.45, 7) is 12.1. The Morgan fingerprint density at radius 2 is 1.80 bits per heavy atom. The van der Waals surface area contributed by atoms with E-state index in [1.54, 1.807) is 0 Å². The molecule has 0 aliphatic carbocycles. The van der Waals surface area contributed by atoms with Crippen molar-refractivity contribution in [3.8, 4) is 0 Å². The lowest BCUT2D eigenvalue weighted by molar-refractivity contribution is 0.250. The maximum Gasteiger partial charge on any atom is 0.183 e. The van der Waals surface area contributed by atoms with E-state index in [1.807, 2.05) is 0 Å². The van der Waals surface area contributed by atoms with E-state index in [9.17, 15) is 0 Å². The molecule has 2 heteroatoms. The molecule has 0 aromatic carbocycles. The fourth-order valence-corrected chi connectivity index (χ4v) is 1.29. The molecule has 0 spiro atoms. The maximum absolute atomic E-state index is 5.72. The molecule has 1 nitrogen and oxygen atoms in total. The van der Waals surface area contributed by atoms with Gasteiger partial charge < -0.3 is 4.43 Å². The average molecular weight is 160 g/mol. The molecule has 0 N–H and O–H groups in total. The normalized spacial score (nSPS) is 15.3. The zero-order valence-corrected chi connectivity index (χ0v) is 8.90. The second-order valence-electron chi connectivity index (χ2n) is 3.94. The van der Waals surface area contributed by atoms with Crippen LogP contribution in [0.3, 0.4) is 0 Å². The summed E-state index contributed by atoms with van der Waals surface area (Å²) in [5, 5.41) is 0. The van der Waals surface area contributed by atoms with E-state index in [-0.39, 0.29) is 0 Å². The second kappa shape index (κ2) is 4.14. The molecule has 10 heavy (non-hydrogen) atoms. The zero-order chi connectivity index (χ0) is 8.20. The fourth-order valence-electron chi connectivity index (χ4n) is 0.510. The Hall–Kier alpha value is 0.177. The monoisotopic (exact) mass is 160 g/mol. The van der Waals surface area contributed by atoms with Gasteiger partial charge in [0.15, 0.2) is 8.32 Å². The highest BCUT2D eigenvalue weighted by atomic mass is 28.4. The standard InChI is InChI=1S/C8H20OSi/c1-6-8(2)7-9-10(3,4)5/h8H,6-7H2,1-5H3/t8-/m0/s1. The molecule has 0 aromatic rings. The molecule has 0 radical (unpaired) electrons. The first kappa shape index (κ1) is 10.2. The molecule has 0 rings (SSSR count). The summed E-state index contributed by atoms with van der Waals surface area (Å²) in [5.74, 6) is 0.728. The Bertz CT molecular complexity index is 85.7. The zero-order valence-electron chi connectivity index (χ0n) is 7.90. The van der Waals surface area contributed by atoms with E-state index in [0.717, 1.165) is 12.5 Å². The van der Waals surface area contributed by atoms with Gasteiger partial charge in [0.1, 0.15) is 0 Å². The van der Waals surface area contributed by atoms with Crippen molar-refractivity contribution in [3.05, 3.63) is 0 Å². The summed E-state index contributed by atoms with van der Waals surface area (Å²) < 4.78 is 5.72. The summed E-state index contributed by atoms with van der Waals surface area (Å²) in [6.07, 6.45) is 1.23.